The molecule has 1 aromatic rings. The molecular formula is C10H13NO2. The van der Waals surface area contributed by atoms with E-state index in [1.54, 1.807) is 6.07 Å². The Hall–Kier alpha value is -1.22. The van der Waals surface area contributed by atoms with Gasteiger partial charge in [-0.25, -0.2) is 0 Å². The average Bonchev–Trinajstić information content (AvgIpc) is 2.02. The summed E-state index contributed by atoms with van der Waals surface area (Å²) >= 11 is 0. The van der Waals surface area contributed by atoms with Gasteiger partial charge in [-0.15, -0.1) is 0 Å². The van der Waals surface area contributed by atoms with Crippen LogP contribution in [0.3, 0.4) is 0 Å². The van der Waals surface area contributed by atoms with Gasteiger partial charge in [-0.1, -0.05) is 0 Å². The van der Waals surface area contributed by atoms with Gasteiger partial charge in [-0.05, 0) is 36.5 Å². The Kier molecular flexibility index (Phi) is 1.88. The SMILES string of the molecule is N[C@H]1CCc2c(O)cc(O)cc2C1. The van der Waals surface area contributed by atoms with E-state index in [0.717, 1.165) is 30.4 Å². The first-order valence-electron chi connectivity index (χ1n) is 4.46. The highest BCUT2D eigenvalue weighted by Crippen LogP contribution is 2.32. The van der Waals surface area contributed by atoms with Gasteiger partial charge < -0.3 is 15.9 Å². The summed E-state index contributed by atoms with van der Waals surface area (Å²) in [5, 5.41) is 18.8. The Bertz CT molecular complexity index is 336. The van der Waals surface area contributed by atoms with E-state index < -0.39 is 0 Å². The smallest absolute Gasteiger partial charge is 0.122 e. The van der Waals surface area contributed by atoms with Gasteiger partial charge in [0, 0.05) is 12.1 Å². The van der Waals surface area contributed by atoms with Crippen molar-refractivity contribution in [3.8, 4) is 11.5 Å². The number of benzene rings is 1. The van der Waals surface area contributed by atoms with E-state index in [1.165, 1.54) is 6.07 Å². The van der Waals surface area contributed by atoms with Crippen molar-refractivity contribution in [1.82, 2.24) is 0 Å². The first-order valence-corrected chi connectivity index (χ1v) is 4.46. The van der Waals surface area contributed by atoms with E-state index in [-0.39, 0.29) is 17.5 Å². The highest BCUT2D eigenvalue weighted by molar-refractivity contribution is 5.46. The summed E-state index contributed by atoms with van der Waals surface area (Å²) in [6, 6.07) is 3.23. The van der Waals surface area contributed by atoms with Crippen molar-refractivity contribution in [3.05, 3.63) is 23.3 Å². The van der Waals surface area contributed by atoms with Crippen LogP contribution in [0.25, 0.3) is 0 Å². The minimum absolute atomic E-state index is 0.116. The number of phenols is 2. The minimum atomic E-state index is 0.116. The van der Waals surface area contributed by atoms with Crippen molar-refractivity contribution >= 4 is 0 Å². The monoisotopic (exact) mass is 179 g/mol. The number of hydrogen-bond donors (Lipinski definition) is 3. The quantitative estimate of drug-likeness (QED) is 0.554. The van der Waals surface area contributed by atoms with Crippen LogP contribution in [0.4, 0.5) is 0 Å². The Morgan fingerprint density at radius 3 is 2.85 bits per heavy atom. The summed E-state index contributed by atoms with van der Waals surface area (Å²) in [7, 11) is 0. The predicted octanol–water partition coefficient (Wildman–Crippen LogP) is 0.914. The first kappa shape index (κ1) is 8.38. The molecular weight excluding hydrogens is 166 g/mol. The molecule has 0 heterocycles. The lowest BCUT2D eigenvalue weighted by atomic mass is 9.88. The molecule has 0 saturated heterocycles. The second-order valence-electron chi connectivity index (χ2n) is 3.61. The molecule has 1 atom stereocenters. The minimum Gasteiger partial charge on any atom is -0.508 e. The molecule has 70 valence electrons. The fraction of sp³-hybridized carbons (Fsp3) is 0.400. The van der Waals surface area contributed by atoms with E-state index in [1.807, 2.05) is 0 Å². The van der Waals surface area contributed by atoms with Gasteiger partial charge >= 0.3 is 0 Å². The fourth-order valence-electron chi connectivity index (χ4n) is 1.88. The molecule has 3 heteroatoms. The molecule has 2 rings (SSSR count). The van der Waals surface area contributed by atoms with Gasteiger partial charge in [-0.2, -0.15) is 0 Å². The molecule has 13 heavy (non-hydrogen) atoms. The van der Waals surface area contributed by atoms with Crippen LogP contribution in [-0.2, 0) is 12.8 Å². The molecule has 0 amide bonds. The van der Waals surface area contributed by atoms with Crippen LogP contribution < -0.4 is 5.73 Å². The first-order chi connectivity index (χ1) is 6.16. The summed E-state index contributed by atoms with van der Waals surface area (Å²) < 4.78 is 0. The summed E-state index contributed by atoms with van der Waals surface area (Å²) in [5.41, 5.74) is 7.71. The summed E-state index contributed by atoms with van der Waals surface area (Å²) in [5.74, 6) is 0.312. The van der Waals surface area contributed by atoms with E-state index >= 15 is 0 Å². The molecule has 0 fully saturated rings. The zero-order chi connectivity index (χ0) is 9.42. The number of aromatic hydroxyl groups is 2. The van der Waals surface area contributed by atoms with Crippen molar-refractivity contribution in [1.29, 1.82) is 0 Å². The van der Waals surface area contributed by atoms with Gasteiger partial charge in [0.15, 0.2) is 0 Å². The van der Waals surface area contributed by atoms with E-state index in [4.69, 9.17) is 5.73 Å². The van der Waals surface area contributed by atoms with E-state index in [2.05, 4.69) is 0 Å². The van der Waals surface area contributed by atoms with Crippen LogP contribution in [0, 0.1) is 0 Å². The lowest BCUT2D eigenvalue weighted by Gasteiger charge is -2.22. The van der Waals surface area contributed by atoms with E-state index in [0.29, 0.717) is 0 Å². The molecule has 0 unspecified atom stereocenters. The normalized spacial score (nSPS) is 21.2. The third kappa shape index (κ3) is 1.47. The Morgan fingerprint density at radius 1 is 1.31 bits per heavy atom. The van der Waals surface area contributed by atoms with Crippen LogP contribution in [0.15, 0.2) is 12.1 Å². The maximum atomic E-state index is 9.52. The Morgan fingerprint density at radius 2 is 2.08 bits per heavy atom. The van der Waals surface area contributed by atoms with Crippen molar-refractivity contribution < 1.29 is 10.2 Å². The summed E-state index contributed by atoms with van der Waals surface area (Å²) in [6.07, 6.45) is 2.46. The average molecular weight is 179 g/mol. The predicted molar refractivity (Wildman–Crippen MR) is 49.8 cm³/mol. The molecule has 0 radical (unpaired) electrons. The van der Waals surface area contributed by atoms with Crippen LogP contribution in [0.5, 0.6) is 11.5 Å². The lowest BCUT2D eigenvalue weighted by Crippen LogP contribution is -2.27. The van der Waals surface area contributed by atoms with Gasteiger partial charge in [0.05, 0.1) is 0 Å². The van der Waals surface area contributed by atoms with Crippen LogP contribution in [0.2, 0.25) is 0 Å². The number of nitrogens with two attached hydrogens (primary N) is 1. The maximum Gasteiger partial charge on any atom is 0.122 e. The molecule has 0 spiro atoms. The third-order valence-electron chi connectivity index (χ3n) is 2.55. The maximum absolute atomic E-state index is 9.52. The third-order valence-corrected chi connectivity index (χ3v) is 2.55. The molecule has 3 nitrogen and oxygen atoms in total. The number of fused-ring (bicyclic) bond motifs is 1. The fourth-order valence-corrected chi connectivity index (χ4v) is 1.88. The lowest BCUT2D eigenvalue weighted by molar-refractivity contribution is 0.436. The van der Waals surface area contributed by atoms with Gasteiger partial charge in [0.1, 0.15) is 11.5 Å². The van der Waals surface area contributed by atoms with Crippen LogP contribution in [-0.4, -0.2) is 16.3 Å². The highest BCUT2D eigenvalue weighted by atomic mass is 16.3. The molecule has 1 aromatic carbocycles. The van der Waals surface area contributed by atoms with Crippen LogP contribution >= 0.6 is 0 Å². The summed E-state index contributed by atoms with van der Waals surface area (Å²) in [4.78, 5) is 0. The second kappa shape index (κ2) is 2.92. The topological polar surface area (TPSA) is 66.5 Å². The van der Waals surface area contributed by atoms with Crippen molar-refractivity contribution in [2.45, 2.75) is 25.3 Å². The molecule has 0 saturated carbocycles. The number of phenolic OH excluding ortho intramolecular Hbond substituents is 2. The van der Waals surface area contributed by atoms with Gasteiger partial charge in [0.2, 0.25) is 0 Å². The standard InChI is InChI=1S/C10H13NO2/c11-7-1-2-9-6(3-7)4-8(12)5-10(9)13/h4-5,7,12-13H,1-3,11H2/t7-/m0/s1. The second-order valence-corrected chi connectivity index (χ2v) is 3.61. The number of rotatable bonds is 0. The van der Waals surface area contributed by atoms with E-state index in [9.17, 15) is 10.2 Å². The Balaban J connectivity index is 2.47. The van der Waals surface area contributed by atoms with Gasteiger partial charge in [-0.3, -0.25) is 0 Å². The molecule has 4 N–H and O–H groups in total. The zero-order valence-electron chi connectivity index (χ0n) is 7.33. The number of hydrogen-bond acceptors (Lipinski definition) is 3. The van der Waals surface area contributed by atoms with Crippen LogP contribution in [0.1, 0.15) is 17.5 Å². The van der Waals surface area contributed by atoms with Crippen molar-refractivity contribution in [2.24, 2.45) is 5.73 Å². The van der Waals surface area contributed by atoms with Gasteiger partial charge in [0.25, 0.3) is 0 Å². The molecule has 0 aliphatic heterocycles. The molecule has 1 aliphatic carbocycles. The summed E-state index contributed by atoms with van der Waals surface area (Å²) in [6.45, 7) is 0. The van der Waals surface area contributed by atoms with Crippen molar-refractivity contribution in [2.75, 3.05) is 0 Å². The molecule has 0 aromatic heterocycles. The largest absolute Gasteiger partial charge is 0.508 e. The highest BCUT2D eigenvalue weighted by Gasteiger charge is 2.18. The molecule has 0 bridgehead atoms. The Labute approximate surface area is 76.8 Å². The van der Waals surface area contributed by atoms with Crippen molar-refractivity contribution in [3.63, 3.8) is 0 Å². The zero-order valence-corrected chi connectivity index (χ0v) is 7.33. The molecule has 1 aliphatic rings.